The molecular formula is C22H27FN2O. The lowest BCUT2D eigenvalue weighted by atomic mass is 9.73. The Morgan fingerprint density at radius 3 is 2.27 bits per heavy atom. The van der Waals surface area contributed by atoms with Crippen molar-refractivity contribution >= 4 is 5.91 Å². The Hall–Kier alpha value is -2.20. The monoisotopic (exact) mass is 354 g/mol. The van der Waals surface area contributed by atoms with Crippen molar-refractivity contribution in [2.75, 3.05) is 20.6 Å². The Balaban J connectivity index is 1.62. The molecule has 0 radical (unpaired) electrons. The van der Waals surface area contributed by atoms with E-state index in [-0.39, 0.29) is 17.3 Å². The van der Waals surface area contributed by atoms with Crippen LogP contribution in [0.1, 0.15) is 47.5 Å². The average molecular weight is 354 g/mol. The Morgan fingerprint density at radius 2 is 1.69 bits per heavy atom. The molecule has 3 nitrogen and oxygen atoms in total. The van der Waals surface area contributed by atoms with Crippen molar-refractivity contribution in [3.63, 3.8) is 0 Å². The molecule has 0 heterocycles. The van der Waals surface area contributed by atoms with Crippen LogP contribution in [0.5, 0.6) is 0 Å². The summed E-state index contributed by atoms with van der Waals surface area (Å²) >= 11 is 0. The molecule has 0 unspecified atom stereocenters. The second kappa shape index (κ2) is 8.00. The number of hydrogen-bond donors (Lipinski definition) is 1. The molecule has 0 spiro atoms. The molecule has 4 heteroatoms. The number of hydrogen-bond acceptors (Lipinski definition) is 2. The third kappa shape index (κ3) is 4.13. The molecule has 1 amide bonds. The lowest BCUT2D eigenvalue weighted by molar-refractivity contribution is 0.0769. The Labute approximate surface area is 155 Å². The summed E-state index contributed by atoms with van der Waals surface area (Å²) in [6.45, 7) is 0.609. The van der Waals surface area contributed by atoms with Gasteiger partial charge in [-0.05, 0) is 75.5 Å². The lowest BCUT2D eigenvalue weighted by Gasteiger charge is -2.45. The van der Waals surface area contributed by atoms with E-state index in [0.717, 1.165) is 25.7 Å². The Kier molecular flexibility index (Phi) is 5.72. The van der Waals surface area contributed by atoms with Gasteiger partial charge in [-0.1, -0.05) is 30.3 Å². The second-order valence-corrected chi connectivity index (χ2v) is 7.49. The standard InChI is InChI=1S/C22H27FN2O/c1-25(2)22(16-24-21(26)19-8-10-20(23)11-9-19)14-12-18(13-15-22)17-6-4-3-5-7-17/h3-11,18H,12-16H2,1-2H3,(H,24,26). The number of carbonyl (C=O) groups is 1. The number of nitrogens with one attached hydrogen (secondary N) is 1. The zero-order valence-electron chi connectivity index (χ0n) is 15.5. The molecule has 1 saturated carbocycles. The summed E-state index contributed by atoms with van der Waals surface area (Å²) in [5.74, 6) is 0.124. The first-order valence-corrected chi connectivity index (χ1v) is 9.26. The first-order valence-electron chi connectivity index (χ1n) is 9.26. The highest BCUT2D eigenvalue weighted by atomic mass is 19.1. The molecular weight excluding hydrogens is 327 g/mol. The predicted octanol–water partition coefficient (Wildman–Crippen LogP) is 4.21. The van der Waals surface area contributed by atoms with Gasteiger partial charge in [0.1, 0.15) is 5.82 Å². The van der Waals surface area contributed by atoms with Gasteiger partial charge >= 0.3 is 0 Å². The largest absolute Gasteiger partial charge is 0.350 e. The SMILES string of the molecule is CN(C)C1(CNC(=O)c2ccc(F)cc2)CCC(c2ccccc2)CC1. The van der Waals surface area contributed by atoms with E-state index < -0.39 is 0 Å². The van der Waals surface area contributed by atoms with Crippen LogP contribution in [-0.2, 0) is 0 Å². The molecule has 0 aliphatic heterocycles. The number of halogens is 1. The number of amides is 1. The van der Waals surface area contributed by atoms with Crippen molar-refractivity contribution in [3.8, 4) is 0 Å². The van der Waals surface area contributed by atoms with Crippen LogP contribution in [0.3, 0.4) is 0 Å². The van der Waals surface area contributed by atoms with Gasteiger partial charge in [0.2, 0.25) is 0 Å². The number of benzene rings is 2. The quantitative estimate of drug-likeness (QED) is 0.872. The summed E-state index contributed by atoms with van der Waals surface area (Å²) in [6.07, 6.45) is 4.33. The average Bonchev–Trinajstić information content (AvgIpc) is 2.67. The van der Waals surface area contributed by atoms with Gasteiger partial charge in [-0.15, -0.1) is 0 Å². The molecule has 0 aromatic heterocycles. The number of likely N-dealkylation sites (N-methyl/N-ethyl adjacent to an activating group) is 1. The maximum atomic E-state index is 13.0. The van der Waals surface area contributed by atoms with E-state index in [1.165, 1.54) is 29.8 Å². The zero-order valence-corrected chi connectivity index (χ0v) is 15.5. The topological polar surface area (TPSA) is 32.3 Å². The van der Waals surface area contributed by atoms with Crippen LogP contribution >= 0.6 is 0 Å². The number of nitrogens with zero attached hydrogens (tertiary/aromatic N) is 1. The first-order chi connectivity index (χ1) is 12.5. The third-order valence-corrected chi connectivity index (χ3v) is 5.82. The summed E-state index contributed by atoms with van der Waals surface area (Å²) in [4.78, 5) is 14.6. The second-order valence-electron chi connectivity index (χ2n) is 7.49. The van der Waals surface area contributed by atoms with E-state index in [0.29, 0.717) is 18.0 Å². The molecule has 3 rings (SSSR count). The summed E-state index contributed by atoms with van der Waals surface area (Å²) in [7, 11) is 4.18. The van der Waals surface area contributed by atoms with Crippen molar-refractivity contribution in [3.05, 3.63) is 71.5 Å². The molecule has 1 aliphatic carbocycles. The zero-order chi connectivity index (χ0) is 18.6. The summed E-state index contributed by atoms with van der Waals surface area (Å²) in [5.41, 5.74) is 1.88. The fourth-order valence-electron chi connectivity index (χ4n) is 3.94. The van der Waals surface area contributed by atoms with Crippen LogP contribution in [0.15, 0.2) is 54.6 Å². The van der Waals surface area contributed by atoms with E-state index >= 15 is 0 Å². The van der Waals surface area contributed by atoms with Crippen molar-refractivity contribution in [2.45, 2.75) is 37.1 Å². The molecule has 0 saturated heterocycles. The maximum absolute atomic E-state index is 13.0. The molecule has 0 atom stereocenters. The highest BCUT2D eigenvalue weighted by molar-refractivity contribution is 5.94. The minimum atomic E-state index is -0.328. The summed E-state index contributed by atoms with van der Waals surface area (Å²) in [5, 5.41) is 3.06. The maximum Gasteiger partial charge on any atom is 0.251 e. The van der Waals surface area contributed by atoms with E-state index in [2.05, 4.69) is 54.6 Å². The van der Waals surface area contributed by atoms with E-state index in [9.17, 15) is 9.18 Å². The van der Waals surface area contributed by atoms with Gasteiger partial charge in [-0.3, -0.25) is 4.79 Å². The van der Waals surface area contributed by atoms with Crippen molar-refractivity contribution in [1.29, 1.82) is 0 Å². The van der Waals surface area contributed by atoms with Gasteiger partial charge in [0.25, 0.3) is 5.91 Å². The molecule has 138 valence electrons. The molecule has 0 bridgehead atoms. The van der Waals surface area contributed by atoms with E-state index in [4.69, 9.17) is 0 Å². The van der Waals surface area contributed by atoms with Gasteiger partial charge < -0.3 is 10.2 Å². The third-order valence-electron chi connectivity index (χ3n) is 5.82. The predicted molar refractivity (Wildman–Crippen MR) is 103 cm³/mol. The highest BCUT2D eigenvalue weighted by Gasteiger charge is 2.37. The lowest BCUT2D eigenvalue weighted by Crippen LogP contribution is -2.54. The van der Waals surface area contributed by atoms with Crippen LogP contribution in [0.2, 0.25) is 0 Å². The van der Waals surface area contributed by atoms with Gasteiger partial charge in [-0.2, -0.15) is 0 Å². The molecule has 2 aromatic carbocycles. The number of rotatable bonds is 5. The molecule has 26 heavy (non-hydrogen) atoms. The van der Waals surface area contributed by atoms with Gasteiger partial charge in [0, 0.05) is 17.6 Å². The molecule has 1 N–H and O–H groups in total. The van der Waals surface area contributed by atoms with Crippen molar-refractivity contribution < 1.29 is 9.18 Å². The summed E-state index contributed by atoms with van der Waals surface area (Å²) < 4.78 is 13.0. The smallest absolute Gasteiger partial charge is 0.251 e. The number of carbonyl (C=O) groups excluding carboxylic acids is 1. The fourth-order valence-corrected chi connectivity index (χ4v) is 3.94. The molecule has 1 aliphatic rings. The fraction of sp³-hybridized carbons (Fsp3) is 0.409. The van der Waals surface area contributed by atoms with Crippen LogP contribution in [0, 0.1) is 5.82 Å². The van der Waals surface area contributed by atoms with E-state index in [1.807, 2.05) is 0 Å². The van der Waals surface area contributed by atoms with Crippen LogP contribution in [0.25, 0.3) is 0 Å². The minimum Gasteiger partial charge on any atom is -0.350 e. The van der Waals surface area contributed by atoms with E-state index in [1.54, 1.807) is 0 Å². The molecule has 2 aromatic rings. The summed E-state index contributed by atoms with van der Waals surface area (Å²) in [6, 6.07) is 16.4. The van der Waals surface area contributed by atoms with Gasteiger partial charge in [0.05, 0.1) is 0 Å². The van der Waals surface area contributed by atoms with Crippen LogP contribution in [0.4, 0.5) is 4.39 Å². The van der Waals surface area contributed by atoms with Crippen molar-refractivity contribution in [1.82, 2.24) is 10.2 Å². The Morgan fingerprint density at radius 1 is 1.08 bits per heavy atom. The normalized spacial score (nSPS) is 23.0. The van der Waals surface area contributed by atoms with Gasteiger partial charge in [0.15, 0.2) is 0 Å². The minimum absolute atomic E-state index is 0.0268. The highest BCUT2D eigenvalue weighted by Crippen LogP contribution is 2.40. The van der Waals surface area contributed by atoms with Crippen LogP contribution in [-0.4, -0.2) is 37.0 Å². The van der Waals surface area contributed by atoms with Gasteiger partial charge in [-0.25, -0.2) is 4.39 Å². The van der Waals surface area contributed by atoms with Crippen molar-refractivity contribution in [2.24, 2.45) is 0 Å². The Bertz CT molecular complexity index is 720. The first kappa shape index (κ1) is 18.6. The van der Waals surface area contributed by atoms with Crippen LogP contribution < -0.4 is 5.32 Å². The molecule has 1 fully saturated rings.